The molecule has 1 aliphatic carbocycles. The molecule has 2 aliphatic heterocycles. The number of ether oxygens (including phenoxy) is 1. The van der Waals surface area contributed by atoms with Crippen molar-refractivity contribution >= 4 is 17.9 Å². The summed E-state index contributed by atoms with van der Waals surface area (Å²) in [5.41, 5.74) is 1.74. The smallest absolute Gasteiger partial charge is 0.436 e. The van der Waals surface area contributed by atoms with Crippen LogP contribution in [0.2, 0.25) is 0 Å². The van der Waals surface area contributed by atoms with Gasteiger partial charge in [0.05, 0.1) is 13.2 Å². The van der Waals surface area contributed by atoms with Crippen LogP contribution in [0.5, 0.6) is 5.75 Å². The second kappa shape index (κ2) is 12.3. The number of nitrogens with zero attached hydrogens (tertiary/aromatic N) is 3. The molecule has 2 heterocycles. The fourth-order valence-electron chi connectivity index (χ4n) is 5.95. The van der Waals surface area contributed by atoms with Crippen LogP contribution in [-0.4, -0.2) is 69.3 Å². The quantitative estimate of drug-likeness (QED) is 0.547. The molecule has 0 aromatic heterocycles. The summed E-state index contributed by atoms with van der Waals surface area (Å²) in [6.07, 6.45) is 3.41. The van der Waals surface area contributed by atoms with Crippen LogP contribution in [0.25, 0.3) is 0 Å². The summed E-state index contributed by atoms with van der Waals surface area (Å²) >= 11 is 0. The first-order chi connectivity index (χ1) is 19.3. The van der Waals surface area contributed by atoms with Crippen molar-refractivity contribution < 1.29 is 29.1 Å². The van der Waals surface area contributed by atoms with E-state index in [1.54, 1.807) is 29.2 Å². The Morgan fingerprint density at radius 1 is 0.975 bits per heavy atom. The van der Waals surface area contributed by atoms with Gasteiger partial charge in [0.15, 0.2) is 12.3 Å². The standard InChI is InChI=1S/C31H39N3O6/c1-21(2)28-30(37)33-26(17-22-13-15-25(35)16-14-22)29(36)32(18-23-9-5-3-6-10-23)19-27(33)34(40-28)31(38)39-20-24-11-7-4-8-12-24/h3,5-6,9-10,13-16,21,24,26-28,35H,4,7-8,11-12,17-20H2,1-2H3/t26-,27?,28+/m0/s1. The highest BCUT2D eigenvalue weighted by Gasteiger charge is 2.54. The number of benzene rings is 2. The molecule has 1 unspecified atom stereocenters. The molecule has 9 nitrogen and oxygen atoms in total. The lowest BCUT2D eigenvalue weighted by Crippen LogP contribution is -2.74. The largest absolute Gasteiger partial charge is 0.508 e. The molecule has 1 saturated carbocycles. The Morgan fingerprint density at radius 3 is 2.35 bits per heavy atom. The zero-order valence-corrected chi connectivity index (χ0v) is 23.3. The van der Waals surface area contributed by atoms with Gasteiger partial charge in [-0.1, -0.05) is 75.6 Å². The molecule has 3 atom stereocenters. The van der Waals surface area contributed by atoms with Crippen molar-refractivity contribution in [3.8, 4) is 5.75 Å². The molecule has 3 fully saturated rings. The number of carbonyl (C=O) groups is 3. The normalized spacial score (nSPS) is 23.9. The third-order valence-electron chi connectivity index (χ3n) is 8.17. The summed E-state index contributed by atoms with van der Waals surface area (Å²) < 4.78 is 5.77. The van der Waals surface area contributed by atoms with Gasteiger partial charge in [-0.15, -0.1) is 0 Å². The zero-order valence-electron chi connectivity index (χ0n) is 23.3. The number of piperazine rings is 1. The van der Waals surface area contributed by atoms with Crippen LogP contribution < -0.4 is 0 Å². The van der Waals surface area contributed by atoms with E-state index >= 15 is 0 Å². The molecule has 2 saturated heterocycles. The molecule has 3 aliphatic rings. The predicted molar refractivity (Wildman–Crippen MR) is 148 cm³/mol. The van der Waals surface area contributed by atoms with Gasteiger partial charge in [0.1, 0.15) is 11.8 Å². The summed E-state index contributed by atoms with van der Waals surface area (Å²) in [6.45, 7) is 4.47. The van der Waals surface area contributed by atoms with Crippen LogP contribution in [0.3, 0.4) is 0 Å². The highest BCUT2D eigenvalue weighted by atomic mass is 16.7. The van der Waals surface area contributed by atoms with Gasteiger partial charge in [-0.3, -0.25) is 14.4 Å². The third-order valence-corrected chi connectivity index (χ3v) is 8.17. The van der Waals surface area contributed by atoms with E-state index in [0.717, 1.165) is 36.8 Å². The van der Waals surface area contributed by atoms with E-state index in [9.17, 15) is 19.5 Å². The lowest BCUT2D eigenvalue weighted by Gasteiger charge is -2.53. The number of hydrogen-bond donors (Lipinski definition) is 1. The Hall–Kier alpha value is -3.59. The minimum Gasteiger partial charge on any atom is -0.508 e. The predicted octanol–water partition coefficient (Wildman–Crippen LogP) is 4.49. The molecule has 40 heavy (non-hydrogen) atoms. The number of fused-ring (bicyclic) bond motifs is 1. The van der Waals surface area contributed by atoms with Gasteiger partial charge in [0.25, 0.3) is 5.91 Å². The number of hydrogen-bond acceptors (Lipinski definition) is 6. The molecular formula is C31H39N3O6. The molecular weight excluding hydrogens is 510 g/mol. The van der Waals surface area contributed by atoms with Gasteiger partial charge in [0.2, 0.25) is 5.91 Å². The van der Waals surface area contributed by atoms with Gasteiger partial charge >= 0.3 is 6.09 Å². The van der Waals surface area contributed by atoms with Crippen LogP contribution in [0.4, 0.5) is 4.79 Å². The van der Waals surface area contributed by atoms with E-state index in [2.05, 4.69) is 0 Å². The lowest BCUT2D eigenvalue weighted by atomic mass is 9.90. The number of carbonyl (C=O) groups excluding carboxylic acids is 3. The van der Waals surface area contributed by atoms with Crippen LogP contribution in [0.15, 0.2) is 54.6 Å². The van der Waals surface area contributed by atoms with Crippen LogP contribution in [-0.2, 0) is 32.1 Å². The molecule has 0 radical (unpaired) electrons. The maximum Gasteiger partial charge on any atom is 0.436 e. The van der Waals surface area contributed by atoms with E-state index in [1.165, 1.54) is 16.4 Å². The van der Waals surface area contributed by atoms with Crippen LogP contribution in [0, 0.1) is 11.8 Å². The van der Waals surface area contributed by atoms with Crippen molar-refractivity contribution in [2.24, 2.45) is 11.8 Å². The number of amides is 3. The Kier molecular flexibility index (Phi) is 8.59. The summed E-state index contributed by atoms with van der Waals surface area (Å²) in [7, 11) is 0. The van der Waals surface area contributed by atoms with Crippen molar-refractivity contribution in [3.05, 3.63) is 65.7 Å². The SMILES string of the molecule is CC(C)[C@H]1ON(C(=O)OCC2CCCCC2)C2CN(Cc3ccccc3)C(=O)[C@H](Cc3ccc(O)cc3)N2C1=O. The highest BCUT2D eigenvalue weighted by molar-refractivity contribution is 5.92. The fraction of sp³-hybridized carbons (Fsp3) is 0.516. The topological polar surface area (TPSA) is 99.6 Å². The summed E-state index contributed by atoms with van der Waals surface area (Å²) in [6, 6.07) is 15.4. The number of aromatic hydroxyl groups is 1. The highest BCUT2D eigenvalue weighted by Crippen LogP contribution is 2.33. The Morgan fingerprint density at radius 2 is 1.68 bits per heavy atom. The zero-order chi connectivity index (χ0) is 28.2. The maximum atomic E-state index is 14.0. The first-order valence-corrected chi connectivity index (χ1v) is 14.4. The Labute approximate surface area is 235 Å². The average molecular weight is 550 g/mol. The third kappa shape index (κ3) is 6.09. The van der Waals surface area contributed by atoms with Crippen molar-refractivity contribution in [1.29, 1.82) is 0 Å². The molecule has 214 valence electrons. The summed E-state index contributed by atoms with van der Waals surface area (Å²) in [4.78, 5) is 50.7. The number of rotatable bonds is 7. The molecule has 0 spiro atoms. The molecule has 2 aromatic rings. The maximum absolute atomic E-state index is 14.0. The van der Waals surface area contributed by atoms with Crippen molar-refractivity contribution in [1.82, 2.24) is 14.9 Å². The molecule has 0 bridgehead atoms. The van der Waals surface area contributed by atoms with Crippen LogP contribution >= 0.6 is 0 Å². The molecule has 5 rings (SSSR count). The molecule has 9 heteroatoms. The fourth-order valence-corrected chi connectivity index (χ4v) is 5.95. The number of phenolic OH excluding ortho intramolecular Hbond substituents is 1. The minimum absolute atomic E-state index is 0.106. The van der Waals surface area contributed by atoms with E-state index in [-0.39, 0.29) is 36.4 Å². The van der Waals surface area contributed by atoms with Gasteiger partial charge < -0.3 is 19.6 Å². The van der Waals surface area contributed by atoms with Gasteiger partial charge in [-0.05, 0) is 47.9 Å². The second-order valence-corrected chi connectivity index (χ2v) is 11.5. The van der Waals surface area contributed by atoms with E-state index in [1.807, 2.05) is 44.2 Å². The average Bonchev–Trinajstić information content (AvgIpc) is 2.96. The molecule has 2 aromatic carbocycles. The van der Waals surface area contributed by atoms with Crippen molar-refractivity contribution in [2.45, 2.75) is 77.2 Å². The number of hydroxylamine groups is 2. The van der Waals surface area contributed by atoms with Crippen molar-refractivity contribution in [3.63, 3.8) is 0 Å². The minimum atomic E-state index is -0.922. The molecule has 1 N–H and O–H groups in total. The van der Waals surface area contributed by atoms with Gasteiger partial charge in [0, 0.05) is 13.0 Å². The lowest BCUT2D eigenvalue weighted by molar-refractivity contribution is -0.273. The van der Waals surface area contributed by atoms with Crippen LogP contribution in [0.1, 0.15) is 57.1 Å². The van der Waals surface area contributed by atoms with Gasteiger partial charge in [-0.2, -0.15) is 5.06 Å². The summed E-state index contributed by atoms with van der Waals surface area (Å²) in [5.74, 6) is -0.287. The van der Waals surface area contributed by atoms with Crippen molar-refractivity contribution in [2.75, 3.05) is 13.2 Å². The monoisotopic (exact) mass is 549 g/mol. The van der Waals surface area contributed by atoms with Gasteiger partial charge in [-0.25, -0.2) is 4.79 Å². The first-order valence-electron chi connectivity index (χ1n) is 14.4. The first kappa shape index (κ1) is 28.0. The van der Waals surface area contributed by atoms with E-state index < -0.39 is 24.4 Å². The number of phenols is 1. The Bertz CT molecular complexity index is 1180. The second-order valence-electron chi connectivity index (χ2n) is 11.5. The van der Waals surface area contributed by atoms with E-state index in [0.29, 0.717) is 19.1 Å². The summed E-state index contributed by atoms with van der Waals surface area (Å²) in [5, 5.41) is 11.0. The molecule has 3 amide bonds. The van der Waals surface area contributed by atoms with E-state index in [4.69, 9.17) is 9.57 Å². The Balaban J connectivity index is 1.46.